The summed E-state index contributed by atoms with van der Waals surface area (Å²) in [6.07, 6.45) is 2.81. The highest BCUT2D eigenvalue weighted by Crippen LogP contribution is 2.31. The highest BCUT2D eigenvalue weighted by molar-refractivity contribution is 6.32. The molecule has 0 aliphatic heterocycles. The van der Waals surface area contributed by atoms with E-state index in [1.807, 2.05) is 11.5 Å². The first-order valence-corrected chi connectivity index (χ1v) is 6.14. The fourth-order valence-corrected chi connectivity index (χ4v) is 1.88. The average molecular weight is 293 g/mol. The first-order chi connectivity index (χ1) is 9.63. The third-order valence-electron chi connectivity index (χ3n) is 2.60. The lowest BCUT2D eigenvalue weighted by molar-refractivity contribution is -0.116. The zero-order valence-electron chi connectivity index (χ0n) is 10.7. The van der Waals surface area contributed by atoms with Gasteiger partial charge < -0.3 is 9.15 Å². The molecule has 0 aliphatic carbocycles. The minimum Gasteiger partial charge on any atom is -0.495 e. The van der Waals surface area contributed by atoms with Crippen LogP contribution < -0.4 is 16.0 Å². The van der Waals surface area contributed by atoms with E-state index in [9.17, 15) is 4.79 Å². The van der Waals surface area contributed by atoms with Crippen molar-refractivity contribution in [2.45, 2.75) is 0 Å². The Kier molecular flexibility index (Phi) is 4.45. The van der Waals surface area contributed by atoms with E-state index in [2.05, 4.69) is 0 Å². The number of carbonyl (C=O) groups excluding carboxylic acids is 1. The van der Waals surface area contributed by atoms with Gasteiger partial charge in [0.25, 0.3) is 5.91 Å². The van der Waals surface area contributed by atoms with Crippen LogP contribution in [0.15, 0.2) is 40.8 Å². The molecule has 0 aliphatic rings. The maximum Gasteiger partial charge on any atom is 0.258 e. The van der Waals surface area contributed by atoms with Gasteiger partial charge >= 0.3 is 0 Å². The molecule has 0 atom stereocenters. The monoisotopic (exact) mass is 292 g/mol. The van der Waals surface area contributed by atoms with Crippen molar-refractivity contribution in [2.75, 3.05) is 7.11 Å². The Labute approximate surface area is 120 Å². The molecule has 5 nitrogen and oxygen atoms in total. The van der Waals surface area contributed by atoms with Crippen molar-refractivity contribution >= 4 is 23.6 Å². The van der Waals surface area contributed by atoms with E-state index in [1.165, 1.54) is 12.2 Å². The molecule has 2 aromatic rings. The van der Waals surface area contributed by atoms with E-state index in [-0.39, 0.29) is 0 Å². The molecule has 2 rings (SSSR count). The van der Waals surface area contributed by atoms with Gasteiger partial charge in [-0.05, 0) is 36.4 Å². The lowest BCUT2D eigenvalue weighted by Gasteiger charge is -2.04. The zero-order valence-corrected chi connectivity index (χ0v) is 11.5. The Morgan fingerprint density at radius 2 is 2.20 bits per heavy atom. The van der Waals surface area contributed by atoms with Gasteiger partial charge in [-0.2, -0.15) is 0 Å². The number of furan rings is 1. The topological polar surface area (TPSA) is 77.5 Å². The molecule has 0 unspecified atom stereocenters. The lowest BCUT2D eigenvalue weighted by atomic mass is 10.2. The van der Waals surface area contributed by atoms with Crippen LogP contribution in [0.2, 0.25) is 5.02 Å². The molecule has 1 aromatic heterocycles. The standard InChI is InChI=1S/C14H13ClN2O3/c1-19-13-5-2-9(8-11(13)15)12-6-3-10(20-12)4-7-14(18)17-16/h2-8H,16H2,1H3,(H,17,18)/b7-4+. The minimum atomic E-state index is -0.407. The van der Waals surface area contributed by atoms with Crippen LogP contribution in [0.1, 0.15) is 5.76 Å². The number of hydrogen-bond acceptors (Lipinski definition) is 4. The summed E-state index contributed by atoms with van der Waals surface area (Å²) in [6.45, 7) is 0. The zero-order chi connectivity index (χ0) is 14.5. The lowest BCUT2D eigenvalue weighted by Crippen LogP contribution is -2.27. The minimum absolute atomic E-state index is 0.407. The van der Waals surface area contributed by atoms with Crippen LogP contribution >= 0.6 is 11.6 Å². The molecule has 1 heterocycles. The number of nitrogens with two attached hydrogens (primary N) is 1. The van der Waals surface area contributed by atoms with Crippen LogP contribution in [-0.2, 0) is 4.79 Å². The first-order valence-electron chi connectivity index (χ1n) is 5.76. The van der Waals surface area contributed by atoms with E-state index in [4.69, 9.17) is 26.6 Å². The van der Waals surface area contributed by atoms with Gasteiger partial charge in [-0.1, -0.05) is 11.6 Å². The van der Waals surface area contributed by atoms with Gasteiger partial charge in [0.15, 0.2) is 0 Å². The maximum absolute atomic E-state index is 11.0. The molecule has 0 fully saturated rings. The van der Waals surface area contributed by atoms with E-state index in [1.54, 1.807) is 31.4 Å². The van der Waals surface area contributed by atoms with Crippen molar-refractivity contribution in [3.63, 3.8) is 0 Å². The molecule has 0 bridgehead atoms. The molecule has 0 spiro atoms. The van der Waals surface area contributed by atoms with Gasteiger partial charge in [0.2, 0.25) is 0 Å². The van der Waals surface area contributed by atoms with Gasteiger partial charge in [0, 0.05) is 11.6 Å². The summed E-state index contributed by atoms with van der Waals surface area (Å²) in [6, 6.07) is 8.88. The average Bonchev–Trinajstić information content (AvgIpc) is 2.93. The number of carbonyl (C=O) groups is 1. The molecule has 0 radical (unpaired) electrons. The Bertz CT molecular complexity index is 650. The van der Waals surface area contributed by atoms with E-state index < -0.39 is 5.91 Å². The van der Waals surface area contributed by atoms with Gasteiger partial charge in [0.1, 0.15) is 17.3 Å². The molecule has 1 aromatic carbocycles. The third kappa shape index (κ3) is 3.20. The highest BCUT2D eigenvalue weighted by Gasteiger charge is 2.07. The molecule has 0 saturated heterocycles. The highest BCUT2D eigenvalue weighted by atomic mass is 35.5. The molecule has 6 heteroatoms. The number of ether oxygens (including phenoxy) is 1. The number of rotatable bonds is 4. The largest absolute Gasteiger partial charge is 0.495 e. The molecular formula is C14H13ClN2O3. The summed E-state index contributed by atoms with van der Waals surface area (Å²) in [7, 11) is 1.55. The second-order valence-electron chi connectivity index (χ2n) is 3.89. The Balaban J connectivity index is 2.22. The van der Waals surface area contributed by atoms with Gasteiger partial charge in [-0.25, -0.2) is 5.84 Å². The molecule has 20 heavy (non-hydrogen) atoms. The van der Waals surface area contributed by atoms with Crippen molar-refractivity contribution < 1.29 is 13.9 Å². The number of methoxy groups -OCH3 is 1. The fourth-order valence-electron chi connectivity index (χ4n) is 1.62. The quantitative estimate of drug-likeness (QED) is 0.393. The van der Waals surface area contributed by atoms with Gasteiger partial charge in [0.05, 0.1) is 12.1 Å². The van der Waals surface area contributed by atoms with Crippen molar-refractivity contribution in [3.05, 3.63) is 47.2 Å². The molecule has 3 N–H and O–H groups in total. The van der Waals surface area contributed by atoms with E-state index in [0.29, 0.717) is 22.3 Å². The normalized spacial score (nSPS) is 10.8. The number of hydrazine groups is 1. The Morgan fingerprint density at radius 3 is 2.85 bits per heavy atom. The molecule has 1 amide bonds. The number of nitrogens with one attached hydrogen (secondary N) is 1. The Morgan fingerprint density at radius 1 is 1.40 bits per heavy atom. The second-order valence-corrected chi connectivity index (χ2v) is 4.30. The van der Waals surface area contributed by atoms with E-state index in [0.717, 1.165) is 5.56 Å². The third-order valence-corrected chi connectivity index (χ3v) is 2.90. The van der Waals surface area contributed by atoms with E-state index >= 15 is 0 Å². The molecular weight excluding hydrogens is 280 g/mol. The SMILES string of the molecule is COc1ccc(-c2ccc(/C=C/C(=O)NN)o2)cc1Cl. The van der Waals surface area contributed by atoms with Crippen molar-refractivity contribution in [3.8, 4) is 17.1 Å². The van der Waals surface area contributed by atoms with Gasteiger partial charge in [-0.3, -0.25) is 10.2 Å². The van der Waals surface area contributed by atoms with Crippen LogP contribution in [-0.4, -0.2) is 13.0 Å². The van der Waals surface area contributed by atoms with Crippen molar-refractivity contribution in [1.82, 2.24) is 5.43 Å². The number of hydrogen-bond donors (Lipinski definition) is 2. The summed E-state index contributed by atoms with van der Waals surface area (Å²) in [5.74, 6) is 6.34. The summed E-state index contributed by atoms with van der Waals surface area (Å²) < 4.78 is 10.7. The number of amides is 1. The van der Waals surface area contributed by atoms with Crippen LogP contribution in [0.5, 0.6) is 5.75 Å². The summed E-state index contributed by atoms with van der Waals surface area (Å²) in [5, 5.41) is 0.501. The molecule has 104 valence electrons. The van der Waals surface area contributed by atoms with Gasteiger partial charge in [-0.15, -0.1) is 0 Å². The fraction of sp³-hybridized carbons (Fsp3) is 0.0714. The predicted octanol–water partition coefficient (Wildman–Crippen LogP) is 2.61. The van der Waals surface area contributed by atoms with Crippen LogP contribution in [0.4, 0.5) is 0 Å². The van der Waals surface area contributed by atoms with Crippen LogP contribution in [0.25, 0.3) is 17.4 Å². The summed E-state index contributed by atoms with van der Waals surface area (Å²) >= 11 is 6.06. The van der Waals surface area contributed by atoms with Crippen molar-refractivity contribution in [2.24, 2.45) is 5.84 Å². The predicted molar refractivity (Wildman–Crippen MR) is 77.1 cm³/mol. The first kappa shape index (κ1) is 14.2. The summed E-state index contributed by atoms with van der Waals surface area (Å²) in [4.78, 5) is 11.0. The van der Waals surface area contributed by atoms with Crippen LogP contribution in [0.3, 0.4) is 0 Å². The second kappa shape index (κ2) is 6.27. The smallest absolute Gasteiger partial charge is 0.258 e. The number of benzene rings is 1. The molecule has 0 saturated carbocycles. The maximum atomic E-state index is 11.0. The summed E-state index contributed by atoms with van der Waals surface area (Å²) in [5.41, 5.74) is 2.81. The van der Waals surface area contributed by atoms with Crippen LogP contribution in [0, 0.1) is 0 Å². The Hall–Kier alpha value is -2.24. The van der Waals surface area contributed by atoms with Crippen molar-refractivity contribution in [1.29, 1.82) is 0 Å². The number of halogens is 1.